The van der Waals surface area contributed by atoms with Gasteiger partial charge in [0.05, 0.1) is 11.1 Å². The summed E-state index contributed by atoms with van der Waals surface area (Å²) in [7, 11) is 3.43. The van der Waals surface area contributed by atoms with Crippen LogP contribution in [0, 0.1) is 0 Å². The van der Waals surface area contributed by atoms with E-state index >= 15 is 0 Å². The fourth-order valence-electron chi connectivity index (χ4n) is 2.83. The molecule has 2 aromatic heterocycles. The number of thioether (sulfide) groups is 1. The minimum Gasteiger partial charge on any atom is -0.424 e. The molecule has 0 atom stereocenters. The van der Waals surface area contributed by atoms with E-state index in [4.69, 9.17) is 10.5 Å². The molecule has 0 saturated carbocycles. The van der Waals surface area contributed by atoms with Gasteiger partial charge in [-0.2, -0.15) is 26.7 Å². The molecule has 1 aromatic carbocycles. The van der Waals surface area contributed by atoms with Crippen LogP contribution in [0.25, 0.3) is 10.7 Å². The lowest BCUT2D eigenvalue weighted by Gasteiger charge is -2.26. The summed E-state index contributed by atoms with van der Waals surface area (Å²) in [4.78, 5) is 34.2. The summed E-state index contributed by atoms with van der Waals surface area (Å²) in [5.41, 5.74) is 6.36. The molecule has 1 amide bonds. The van der Waals surface area contributed by atoms with Crippen LogP contribution in [0.1, 0.15) is 10.4 Å². The zero-order valence-electron chi connectivity index (χ0n) is 16.6. The summed E-state index contributed by atoms with van der Waals surface area (Å²) in [5.74, 6) is 3.55. The molecule has 0 spiro atoms. The number of nitrogens with zero attached hydrogens (tertiary/aromatic N) is 6. The molecule has 0 radical (unpaired) electrons. The number of carbonyl (C=O) groups is 1. The number of nitrogens with two attached hydrogens (primary N) is 1. The van der Waals surface area contributed by atoms with E-state index in [0.717, 1.165) is 29.5 Å². The average molecular weight is 444 g/mol. The average Bonchev–Trinajstić information content (AvgIpc) is 3.20. The molecule has 30 heavy (non-hydrogen) atoms. The Morgan fingerprint density at radius 3 is 2.50 bits per heavy atom. The van der Waals surface area contributed by atoms with Crippen molar-refractivity contribution in [2.24, 2.45) is 0 Å². The van der Waals surface area contributed by atoms with E-state index in [0.29, 0.717) is 28.2 Å². The Labute approximate surface area is 182 Å². The van der Waals surface area contributed by atoms with Crippen LogP contribution in [0.5, 0.6) is 11.8 Å². The lowest BCUT2D eigenvalue weighted by Crippen LogP contribution is -2.34. The van der Waals surface area contributed by atoms with Gasteiger partial charge in [0.15, 0.2) is 11.0 Å². The van der Waals surface area contributed by atoms with Crippen LogP contribution < -0.4 is 15.4 Å². The van der Waals surface area contributed by atoms with Gasteiger partial charge in [-0.15, -0.1) is 0 Å². The highest BCUT2D eigenvalue weighted by molar-refractivity contribution is 7.99. The Kier molecular flexibility index (Phi) is 6.00. The van der Waals surface area contributed by atoms with E-state index in [2.05, 4.69) is 24.8 Å². The third kappa shape index (κ3) is 4.62. The molecule has 3 heterocycles. The van der Waals surface area contributed by atoms with Gasteiger partial charge in [-0.3, -0.25) is 4.79 Å². The van der Waals surface area contributed by atoms with E-state index in [9.17, 15) is 4.79 Å². The number of aromatic nitrogens is 4. The van der Waals surface area contributed by atoms with Crippen molar-refractivity contribution in [2.75, 3.05) is 49.3 Å². The zero-order chi connectivity index (χ0) is 21.1. The normalized spacial score (nSPS) is 13.9. The van der Waals surface area contributed by atoms with E-state index in [1.165, 1.54) is 16.2 Å². The molecule has 0 aliphatic carbocycles. The van der Waals surface area contributed by atoms with Crippen molar-refractivity contribution in [3.8, 4) is 22.5 Å². The van der Waals surface area contributed by atoms with Gasteiger partial charge in [0, 0.05) is 44.3 Å². The van der Waals surface area contributed by atoms with Crippen LogP contribution in [0.2, 0.25) is 0 Å². The van der Waals surface area contributed by atoms with Crippen LogP contribution in [-0.4, -0.2) is 69.4 Å². The number of anilines is 2. The fraction of sp³-hybridized carbons (Fsp3) is 0.316. The van der Waals surface area contributed by atoms with Crippen LogP contribution in [-0.2, 0) is 0 Å². The van der Waals surface area contributed by atoms with E-state index in [1.54, 1.807) is 44.6 Å². The molecular formula is C19H21N7O2S2. The summed E-state index contributed by atoms with van der Waals surface area (Å²) in [6.45, 7) is 1.72. The highest BCUT2D eigenvalue weighted by Gasteiger charge is 2.19. The first kappa shape index (κ1) is 20.4. The number of thiazole rings is 1. The van der Waals surface area contributed by atoms with Gasteiger partial charge in [-0.1, -0.05) is 11.3 Å². The van der Waals surface area contributed by atoms with Crippen LogP contribution >= 0.6 is 23.1 Å². The topological polar surface area (TPSA) is 110 Å². The maximum absolute atomic E-state index is 12.1. The van der Waals surface area contributed by atoms with Crippen molar-refractivity contribution >= 4 is 40.1 Å². The number of benzene rings is 1. The molecule has 0 unspecified atom stereocenters. The Balaban J connectivity index is 1.63. The van der Waals surface area contributed by atoms with Gasteiger partial charge in [-0.05, 0) is 24.3 Å². The molecule has 2 N–H and O–H groups in total. The first-order valence-electron chi connectivity index (χ1n) is 9.29. The Morgan fingerprint density at radius 2 is 1.87 bits per heavy atom. The van der Waals surface area contributed by atoms with Crippen molar-refractivity contribution in [2.45, 2.75) is 0 Å². The summed E-state index contributed by atoms with van der Waals surface area (Å²) in [6.07, 6.45) is 1.65. The van der Waals surface area contributed by atoms with E-state index < -0.39 is 0 Å². The first-order valence-corrected chi connectivity index (χ1v) is 11.3. The standard InChI is InChI=1S/C19H21N7O2S2/c1-25(2)16(27)12-3-5-13(6-4-12)28-19-23-15(14-11-21-17(20)30-14)22-18(24-19)26-7-9-29-10-8-26/h3-6,11H,7-10H2,1-2H3,(H2,20,21). The quantitative estimate of drug-likeness (QED) is 0.636. The van der Waals surface area contributed by atoms with Crippen LogP contribution in [0.15, 0.2) is 30.5 Å². The largest absolute Gasteiger partial charge is 0.424 e. The minimum absolute atomic E-state index is 0.0722. The molecule has 1 saturated heterocycles. The van der Waals surface area contributed by atoms with Gasteiger partial charge in [0.1, 0.15) is 5.75 Å². The Bertz CT molecular complexity index is 1030. The predicted molar refractivity (Wildman–Crippen MR) is 119 cm³/mol. The first-order chi connectivity index (χ1) is 14.5. The van der Waals surface area contributed by atoms with Gasteiger partial charge < -0.3 is 20.3 Å². The number of ether oxygens (including phenoxy) is 1. The molecular weight excluding hydrogens is 422 g/mol. The third-order valence-corrected chi connectivity index (χ3v) is 6.12. The second-order valence-electron chi connectivity index (χ2n) is 6.73. The molecule has 156 valence electrons. The van der Waals surface area contributed by atoms with Crippen molar-refractivity contribution in [3.63, 3.8) is 0 Å². The molecule has 1 aliphatic rings. The minimum atomic E-state index is -0.0722. The highest BCUT2D eigenvalue weighted by atomic mass is 32.2. The van der Waals surface area contributed by atoms with Crippen molar-refractivity contribution in [1.29, 1.82) is 0 Å². The number of hydrogen-bond donors (Lipinski definition) is 1. The molecule has 0 bridgehead atoms. The number of rotatable bonds is 5. The van der Waals surface area contributed by atoms with Crippen molar-refractivity contribution in [1.82, 2.24) is 24.8 Å². The molecule has 11 heteroatoms. The van der Waals surface area contributed by atoms with E-state index in [-0.39, 0.29) is 11.9 Å². The highest BCUT2D eigenvalue weighted by Crippen LogP contribution is 2.29. The predicted octanol–water partition coefficient (Wildman–Crippen LogP) is 2.62. The summed E-state index contributed by atoms with van der Waals surface area (Å²) >= 11 is 3.22. The van der Waals surface area contributed by atoms with Crippen molar-refractivity contribution in [3.05, 3.63) is 36.0 Å². The Hall–Kier alpha value is -2.92. The van der Waals surface area contributed by atoms with Gasteiger partial charge in [-0.25, -0.2) is 4.98 Å². The van der Waals surface area contributed by atoms with Gasteiger partial charge in [0.2, 0.25) is 5.95 Å². The number of carbonyl (C=O) groups excluding carboxylic acids is 1. The monoisotopic (exact) mass is 443 g/mol. The second kappa shape index (κ2) is 8.84. The molecule has 1 aliphatic heterocycles. The molecule has 3 aromatic rings. The van der Waals surface area contributed by atoms with Crippen LogP contribution in [0.4, 0.5) is 11.1 Å². The van der Waals surface area contributed by atoms with Gasteiger partial charge in [0.25, 0.3) is 5.91 Å². The maximum Gasteiger partial charge on any atom is 0.327 e. The summed E-state index contributed by atoms with van der Waals surface area (Å²) < 4.78 is 5.91. The SMILES string of the molecule is CN(C)C(=O)c1ccc(Oc2nc(-c3cnc(N)s3)nc(N3CCSCC3)n2)cc1. The third-order valence-electron chi connectivity index (χ3n) is 4.36. The lowest BCUT2D eigenvalue weighted by atomic mass is 10.2. The van der Waals surface area contributed by atoms with Crippen LogP contribution in [0.3, 0.4) is 0 Å². The Morgan fingerprint density at radius 1 is 1.13 bits per heavy atom. The summed E-state index contributed by atoms with van der Waals surface area (Å²) in [6, 6.07) is 7.06. The number of amides is 1. The van der Waals surface area contributed by atoms with E-state index in [1.807, 2.05) is 11.8 Å². The number of nitrogen functional groups attached to an aromatic ring is 1. The second-order valence-corrected chi connectivity index (χ2v) is 9.02. The molecule has 1 fully saturated rings. The van der Waals surface area contributed by atoms with Gasteiger partial charge >= 0.3 is 6.01 Å². The number of hydrogen-bond acceptors (Lipinski definition) is 10. The molecule has 4 rings (SSSR count). The van der Waals surface area contributed by atoms with Crippen molar-refractivity contribution < 1.29 is 9.53 Å². The fourth-order valence-corrected chi connectivity index (χ4v) is 4.35. The lowest BCUT2D eigenvalue weighted by molar-refractivity contribution is 0.0827. The molecule has 9 nitrogen and oxygen atoms in total. The maximum atomic E-state index is 12.1. The summed E-state index contributed by atoms with van der Waals surface area (Å²) in [5, 5.41) is 0.449. The zero-order valence-corrected chi connectivity index (χ0v) is 18.2. The smallest absolute Gasteiger partial charge is 0.327 e.